The van der Waals surface area contributed by atoms with Crippen molar-refractivity contribution in [2.45, 2.75) is 31.1 Å². The molecule has 1 aromatic carbocycles. The second-order valence-electron chi connectivity index (χ2n) is 4.59. The monoisotopic (exact) mass is 331 g/mol. The summed E-state index contributed by atoms with van der Waals surface area (Å²) in [6.45, 7) is 2.36. The van der Waals surface area contributed by atoms with E-state index in [4.69, 9.17) is 0 Å². The highest BCUT2D eigenvalue weighted by molar-refractivity contribution is 7.99. The number of nitrogens with one attached hydrogen (secondary N) is 1. The third-order valence-corrected chi connectivity index (χ3v) is 3.78. The summed E-state index contributed by atoms with van der Waals surface area (Å²) in [5, 5.41) is 3.07. The van der Waals surface area contributed by atoms with E-state index in [1.807, 2.05) is 13.2 Å². The molecule has 0 bridgehead atoms. The lowest BCUT2D eigenvalue weighted by molar-refractivity contribution is -0.143. The van der Waals surface area contributed by atoms with E-state index in [1.54, 1.807) is 11.8 Å². The van der Waals surface area contributed by atoms with Gasteiger partial charge < -0.3 is 5.32 Å². The molecule has 0 aliphatic carbocycles. The van der Waals surface area contributed by atoms with Gasteiger partial charge in [-0.25, -0.2) is 0 Å². The Morgan fingerprint density at radius 2 is 1.48 bits per heavy atom. The average molecular weight is 331 g/mol. The number of alkyl halides is 6. The Bertz CT molecular complexity index is 436. The molecule has 0 aromatic heterocycles. The van der Waals surface area contributed by atoms with Crippen molar-refractivity contribution in [2.75, 3.05) is 12.8 Å². The van der Waals surface area contributed by atoms with Crippen LogP contribution in [0.1, 0.15) is 23.6 Å². The largest absolute Gasteiger partial charge is 0.416 e. The van der Waals surface area contributed by atoms with Crippen molar-refractivity contribution >= 4 is 11.8 Å². The summed E-state index contributed by atoms with van der Waals surface area (Å²) in [5.74, 6) is 0. The van der Waals surface area contributed by atoms with Crippen molar-refractivity contribution in [2.24, 2.45) is 0 Å². The van der Waals surface area contributed by atoms with Gasteiger partial charge >= 0.3 is 12.4 Å². The molecule has 0 spiro atoms. The fourth-order valence-corrected chi connectivity index (χ4v) is 1.91. The molecule has 21 heavy (non-hydrogen) atoms. The Hall–Kier alpha value is -0.890. The topological polar surface area (TPSA) is 12.0 Å². The minimum absolute atomic E-state index is 0.0366. The molecule has 1 nitrogen and oxygen atoms in total. The van der Waals surface area contributed by atoms with Gasteiger partial charge in [0.25, 0.3) is 0 Å². The molecule has 0 radical (unpaired) electrons. The first-order chi connectivity index (χ1) is 9.54. The molecule has 1 aromatic rings. The Labute approximate surface area is 123 Å². The van der Waals surface area contributed by atoms with Crippen molar-refractivity contribution in [3.05, 3.63) is 34.9 Å². The van der Waals surface area contributed by atoms with Crippen LogP contribution in [0.15, 0.2) is 18.2 Å². The van der Waals surface area contributed by atoms with Gasteiger partial charge in [-0.15, -0.1) is 0 Å². The molecule has 8 heteroatoms. The van der Waals surface area contributed by atoms with E-state index in [0.717, 1.165) is 12.1 Å². The fourth-order valence-electron chi connectivity index (χ4n) is 1.62. The molecule has 0 saturated carbocycles. The molecule has 120 valence electrons. The molecule has 0 heterocycles. The van der Waals surface area contributed by atoms with E-state index in [2.05, 4.69) is 5.32 Å². The minimum atomic E-state index is -4.80. The highest BCUT2D eigenvalue weighted by atomic mass is 32.2. The Morgan fingerprint density at radius 3 is 1.86 bits per heavy atom. The summed E-state index contributed by atoms with van der Waals surface area (Å²) in [6.07, 6.45) is -7.73. The van der Waals surface area contributed by atoms with Gasteiger partial charge in [-0.1, -0.05) is 6.92 Å². The van der Waals surface area contributed by atoms with Crippen molar-refractivity contribution in [3.8, 4) is 0 Å². The zero-order chi connectivity index (χ0) is 16.3. The second kappa shape index (κ2) is 6.91. The molecule has 0 fully saturated rings. The number of halogens is 6. The average Bonchev–Trinajstić information content (AvgIpc) is 2.36. The Kier molecular flexibility index (Phi) is 5.98. The van der Waals surface area contributed by atoms with Gasteiger partial charge in [0.05, 0.1) is 11.1 Å². The maximum atomic E-state index is 12.6. The van der Waals surface area contributed by atoms with E-state index in [0.29, 0.717) is 6.54 Å². The van der Waals surface area contributed by atoms with E-state index < -0.39 is 23.5 Å². The normalized spacial score (nSPS) is 14.3. The van der Waals surface area contributed by atoms with Crippen molar-refractivity contribution in [1.82, 2.24) is 5.32 Å². The quantitative estimate of drug-likeness (QED) is 0.794. The SMILES string of the molecule is CSC(C)CNCc1cc(C(F)(F)F)cc(C(F)(F)F)c1. The zero-order valence-electron chi connectivity index (χ0n) is 11.4. The minimum Gasteiger partial charge on any atom is -0.312 e. The molecule has 0 saturated heterocycles. The van der Waals surface area contributed by atoms with Gasteiger partial charge in [0.2, 0.25) is 0 Å². The molecule has 0 aliphatic heterocycles. The van der Waals surface area contributed by atoms with E-state index in [9.17, 15) is 26.3 Å². The highest BCUT2D eigenvalue weighted by Crippen LogP contribution is 2.36. The lowest BCUT2D eigenvalue weighted by atomic mass is 10.0. The van der Waals surface area contributed by atoms with Gasteiger partial charge in [0, 0.05) is 18.3 Å². The summed E-state index contributed by atoms with van der Waals surface area (Å²) in [5.41, 5.74) is -2.61. The first kappa shape index (κ1) is 18.2. The summed E-state index contributed by atoms with van der Waals surface area (Å²) < 4.78 is 75.9. The maximum Gasteiger partial charge on any atom is 0.416 e. The van der Waals surface area contributed by atoms with Crippen LogP contribution in [-0.2, 0) is 18.9 Å². The van der Waals surface area contributed by atoms with Crippen LogP contribution in [0.4, 0.5) is 26.3 Å². The van der Waals surface area contributed by atoms with Gasteiger partial charge in [-0.2, -0.15) is 38.1 Å². The molecule has 1 unspecified atom stereocenters. The van der Waals surface area contributed by atoms with Crippen molar-refractivity contribution < 1.29 is 26.3 Å². The van der Waals surface area contributed by atoms with Gasteiger partial charge in [0.15, 0.2) is 0 Å². The summed E-state index contributed by atoms with van der Waals surface area (Å²) in [4.78, 5) is 0. The van der Waals surface area contributed by atoms with Crippen LogP contribution in [-0.4, -0.2) is 18.1 Å². The molecule has 0 amide bonds. The number of hydrogen-bond acceptors (Lipinski definition) is 2. The van der Waals surface area contributed by atoms with E-state index in [1.165, 1.54) is 0 Å². The number of thioether (sulfide) groups is 1. The van der Waals surface area contributed by atoms with Crippen LogP contribution in [0.2, 0.25) is 0 Å². The molecular weight excluding hydrogens is 316 g/mol. The van der Waals surface area contributed by atoms with Crippen molar-refractivity contribution in [3.63, 3.8) is 0 Å². The van der Waals surface area contributed by atoms with Crippen LogP contribution < -0.4 is 5.32 Å². The Morgan fingerprint density at radius 1 is 1.00 bits per heavy atom. The number of benzene rings is 1. The highest BCUT2D eigenvalue weighted by Gasteiger charge is 2.36. The summed E-state index contributed by atoms with van der Waals surface area (Å²) >= 11 is 1.55. The van der Waals surface area contributed by atoms with Gasteiger partial charge in [0.1, 0.15) is 0 Å². The second-order valence-corrected chi connectivity index (χ2v) is 5.87. The smallest absolute Gasteiger partial charge is 0.312 e. The Balaban J connectivity index is 2.98. The third-order valence-electron chi connectivity index (χ3n) is 2.81. The van der Waals surface area contributed by atoms with Crippen LogP contribution >= 0.6 is 11.8 Å². The lowest BCUT2D eigenvalue weighted by Gasteiger charge is -2.15. The molecule has 1 atom stereocenters. The first-order valence-corrected chi connectivity index (χ1v) is 7.34. The van der Waals surface area contributed by atoms with Crippen molar-refractivity contribution in [1.29, 1.82) is 0 Å². The number of hydrogen-bond donors (Lipinski definition) is 1. The van der Waals surface area contributed by atoms with Crippen LogP contribution in [0.3, 0.4) is 0 Å². The molecule has 1 N–H and O–H groups in total. The standard InChI is InChI=1S/C13H15F6NS/c1-8(21-2)6-20-7-9-3-10(12(14,15)16)5-11(4-9)13(17,18)19/h3-5,8,20H,6-7H2,1-2H3. The van der Waals surface area contributed by atoms with Gasteiger partial charge in [-0.05, 0) is 30.0 Å². The molecular formula is C13H15F6NS. The summed E-state index contributed by atoms with van der Waals surface area (Å²) in [7, 11) is 0. The molecule has 1 rings (SSSR count). The lowest BCUT2D eigenvalue weighted by Crippen LogP contribution is -2.22. The predicted octanol–water partition coefficient (Wildman–Crippen LogP) is 4.57. The van der Waals surface area contributed by atoms with Crippen LogP contribution in [0.25, 0.3) is 0 Å². The maximum absolute atomic E-state index is 12.6. The predicted molar refractivity (Wildman–Crippen MR) is 71.1 cm³/mol. The fraction of sp³-hybridized carbons (Fsp3) is 0.538. The van der Waals surface area contributed by atoms with Crippen LogP contribution in [0.5, 0.6) is 0 Å². The number of rotatable bonds is 5. The molecule has 0 aliphatic rings. The van der Waals surface area contributed by atoms with Crippen LogP contribution in [0, 0.1) is 0 Å². The third kappa shape index (κ3) is 5.78. The summed E-state index contributed by atoms with van der Waals surface area (Å²) in [6, 6.07) is 1.62. The first-order valence-electron chi connectivity index (χ1n) is 6.06. The van der Waals surface area contributed by atoms with E-state index >= 15 is 0 Å². The zero-order valence-corrected chi connectivity index (χ0v) is 12.2. The van der Waals surface area contributed by atoms with E-state index in [-0.39, 0.29) is 23.4 Å². The van der Waals surface area contributed by atoms with Gasteiger partial charge in [-0.3, -0.25) is 0 Å².